The largest absolute Gasteiger partial charge is 0.385 e. The number of aliphatic hydroxyl groups excluding tert-OH is 1. The normalized spacial score (nSPS) is 22.8. The first kappa shape index (κ1) is 15.1. The second-order valence-corrected chi connectivity index (χ2v) is 6.44. The summed E-state index contributed by atoms with van der Waals surface area (Å²) in [7, 11) is 0. The lowest BCUT2D eigenvalue weighted by atomic mass is 9.77. The van der Waals surface area contributed by atoms with Crippen LogP contribution in [-0.2, 0) is 10.3 Å². The molecule has 2 heteroatoms. The zero-order valence-corrected chi connectivity index (χ0v) is 13.6. The van der Waals surface area contributed by atoms with Crippen molar-refractivity contribution < 1.29 is 9.84 Å². The third-order valence-corrected chi connectivity index (χ3v) is 5.02. The fourth-order valence-electron chi connectivity index (χ4n) is 3.70. The standard InChI is InChI=1S/C22H20O2/c1-21(20(23)17-11-5-2-6-12-17)22(24-21,18-13-7-3-8-14-18)19-15-9-4-10-16-19/h2-16,20,23H,1H3. The zero-order valence-electron chi connectivity index (χ0n) is 13.6. The van der Waals surface area contributed by atoms with Crippen LogP contribution >= 0.6 is 0 Å². The summed E-state index contributed by atoms with van der Waals surface area (Å²) in [5.74, 6) is 0. The summed E-state index contributed by atoms with van der Waals surface area (Å²) in [6.45, 7) is 1.99. The van der Waals surface area contributed by atoms with Crippen LogP contribution in [-0.4, -0.2) is 10.7 Å². The van der Waals surface area contributed by atoms with Crippen LogP contribution in [0.2, 0.25) is 0 Å². The first-order valence-corrected chi connectivity index (χ1v) is 8.23. The monoisotopic (exact) mass is 316 g/mol. The number of rotatable bonds is 4. The molecule has 0 saturated carbocycles. The van der Waals surface area contributed by atoms with E-state index in [-0.39, 0.29) is 0 Å². The molecule has 1 saturated heterocycles. The Bertz CT molecular complexity index is 775. The van der Waals surface area contributed by atoms with Gasteiger partial charge in [0.1, 0.15) is 11.7 Å². The van der Waals surface area contributed by atoms with Gasteiger partial charge in [-0.2, -0.15) is 0 Å². The minimum atomic E-state index is -0.711. The third kappa shape index (κ3) is 2.11. The van der Waals surface area contributed by atoms with Gasteiger partial charge in [0.2, 0.25) is 0 Å². The molecule has 1 N–H and O–H groups in total. The van der Waals surface area contributed by atoms with Gasteiger partial charge in [-0.05, 0) is 23.6 Å². The van der Waals surface area contributed by atoms with Gasteiger partial charge in [0.25, 0.3) is 0 Å². The van der Waals surface area contributed by atoms with Gasteiger partial charge in [-0.1, -0.05) is 91.0 Å². The van der Waals surface area contributed by atoms with Crippen LogP contribution in [0.25, 0.3) is 0 Å². The molecule has 2 nitrogen and oxygen atoms in total. The molecule has 1 heterocycles. The Morgan fingerprint density at radius 3 is 1.58 bits per heavy atom. The molecule has 2 unspecified atom stereocenters. The van der Waals surface area contributed by atoms with Crippen molar-refractivity contribution in [3.8, 4) is 0 Å². The van der Waals surface area contributed by atoms with Crippen molar-refractivity contribution in [1.82, 2.24) is 0 Å². The van der Waals surface area contributed by atoms with Crippen LogP contribution in [0.3, 0.4) is 0 Å². The second kappa shape index (κ2) is 5.59. The first-order chi connectivity index (χ1) is 11.7. The maximum atomic E-state index is 11.1. The molecular weight excluding hydrogens is 296 g/mol. The van der Waals surface area contributed by atoms with Crippen LogP contribution < -0.4 is 0 Å². The van der Waals surface area contributed by atoms with Crippen LogP contribution in [0.5, 0.6) is 0 Å². The smallest absolute Gasteiger partial charge is 0.151 e. The molecule has 3 aromatic rings. The van der Waals surface area contributed by atoms with Crippen LogP contribution in [0.4, 0.5) is 0 Å². The van der Waals surface area contributed by atoms with E-state index in [1.54, 1.807) is 0 Å². The molecule has 0 spiro atoms. The van der Waals surface area contributed by atoms with Crippen molar-refractivity contribution in [3.05, 3.63) is 108 Å². The SMILES string of the molecule is CC1(C(O)c2ccccc2)OC1(c1ccccc1)c1ccccc1. The molecule has 1 fully saturated rings. The summed E-state index contributed by atoms with van der Waals surface area (Å²) in [4.78, 5) is 0. The van der Waals surface area contributed by atoms with E-state index in [4.69, 9.17) is 4.74 Å². The average Bonchev–Trinajstić information content (AvgIpc) is 3.32. The average molecular weight is 316 g/mol. The molecule has 0 radical (unpaired) electrons. The lowest BCUT2D eigenvalue weighted by Gasteiger charge is -2.23. The van der Waals surface area contributed by atoms with E-state index in [1.165, 1.54) is 0 Å². The quantitative estimate of drug-likeness (QED) is 0.721. The van der Waals surface area contributed by atoms with Crippen molar-refractivity contribution in [2.24, 2.45) is 0 Å². The van der Waals surface area contributed by atoms with Crippen LogP contribution in [0.15, 0.2) is 91.0 Å². The van der Waals surface area contributed by atoms with E-state index in [0.29, 0.717) is 0 Å². The highest BCUT2D eigenvalue weighted by Gasteiger charge is 2.72. The molecule has 120 valence electrons. The van der Waals surface area contributed by atoms with Crippen molar-refractivity contribution in [2.75, 3.05) is 0 Å². The predicted octanol–water partition coefficient (Wildman–Crippen LogP) is 4.45. The van der Waals surface area contributed by atoms with Gasteiger partial charge >= 0.3 is 0 Å². The maximum Gasteiger partial charge on any atom is 0.151 e. The lowest BCUT2D eigenvalue weighted by Crippen LogP contribution is -2.29. The number of epoxide rings is 1. The molecule has 1 aliphatic heterocycles. The van der Waals surface area contributed by atoms with Gasteiger partial charge in [-0.15, -0.1) is 0 Å². The van der Waals surface area contributed by atoms with Gasteiger partial charge < -0.3 is 9.84 Å². The van der Waals surface area contributed by atoms with Gasteiger partial charge in [0.15, 0.2) is 5.60 Å². The number of hydrogen-bond donors (Lipinski definition) is 1. The van der Waals surface area contributed by atoms with E-state index in [1.807, 2.05) is 73.7 Å². The minimum absolute atomic E-state index is 0.634. The highest BCUT2D eigenvalue weighted by atomic mass is 16.6. The maximum absolute atomic E-state index is 11.1. The van der Waals surface area contributed by atoms with E-state index in [9.17, 15) is 5.11 Å². The number of aliphatic hydroxyl groups is 1. The molecule has 1 aliphatic rings. The topological polar surface area (TPSA) is 32.8 Å². The van der Waals surface area contributed by atoms with Gasteiger partial charge in [0, 0.05) is 0 Å². The minimum Gasteiger partial charge on any atom is -0.385 e. The molecule has 0 amide bonds. The van der Waals surface area contributed by atoms with Crippen LogP contribution in [0, 0.1) is 0 Å². The predicted molar refractivity (Wildman–Crippen MR) is 94.6 cm³/mol. The number of benzene rings is 3. The molecule has 2 atom stereocenters. The second-order valence-electron chi connectivity index (χ2n) is 6.44. The molecule has 0 bridgehead atoms. The summed E-state index contributed by atoms with van der Waals surface area (Å²) < 4.78 is 6.33. The van der Waals surface area contributed by atoms with Crippen molar-refractivity contribution in [3.63, 3.8) is 0 Å². The van der Waals surface area contributed by atoms with Gasteiger partial charge in [0.05, 0.1) is 0 Å². The molecule has 0 aromatic heterocycles. The van der Waals surface area contributed by atoms with Crippen molar-refractivity contribution >= 4 is 0 Å². The highest BCUT2D eigenvalue weighted by Crippen LogP contribution is 2.64. The lowest BCUT2D eigenvalue weighted by molar-refractivity contribution is 0.0849. The summed E-state index contributed by atoms with van der Waals surface area (Å²) >= 11 is 0. The molecule has 0 aliphatic carbocycles. The summed E-state index contributed by atoms with van der Waals surface area (Å²) in [6.07, 6.45) is -0.709. The van der Waals surface area contributed by atoms with E-state index < -0.39 is 17.3 Å². The van der Waals surface area contributed by atoms with E-state index in [2.05, 4.69) is 24.3 Å². The van der Waals surface area contributed by atoms with Gasteiger partial charge in [-0.3, -0.25) is 0 Å². The van der Waals surface area contributed by atoms with Gasteiger partial charge in [-0.25, -0.2) is 0 Å². The van der Waals surface area contributed by atoms with Crippen molar-refractivity contribution in [1.29, 1.82) is 0 Å². The molecule has 4 rings (SSSR count). The Kier molecular flexibility index (Phi) is 3.52. The van der Waals surface area contributed by atoms with Crippen LogP contribution in [0.1, 0.15) is 29.7 Å². The Morgan fingerprint density at radius 1 is 0.708 bits per heavy atom. The Labute approximate surface area is 142 Å². The Morgan fingerprint density at radius 2 is 1.12 bits per heavy atom. The Balaban J connectivity index is 1.83. The molecule has 24 heavy (non-hydrogen) atoms. The fraction of sp³-hybridized carbons (Fsp3) is 0.182. The van der Waals surface area contributed by atoms with Crippen molar-refractivity contribution in [2.45, 2.75) is 24.2 Å². The zero-order chi connectivity index (χ0) is 16.6. The Hall–Kier alpha value is -2.42. The third-order valence-electron chi connectivity index (χ3n) is 5.02. The summed E-state index contributed by atoms with van der Waals surface area (Å²) in [5, 5.41) is 11.1. The summed E-state index contributed by atoms with van der Waals surface area (Å²) in [5.41, 5.74) is 1.65. The fourth-order valence-corrected chi connectivity index (χ4v) is 3.70. The number of hydrogen-bond acceptors (Lipinski definition) is 2. The highest BCUT2D eigenvalue weighted by molar-refractivity contribution is 5.48. The first-order valence-electron chi connectivity index (χ1n) is 8.23. The van der Waals surface area contributed by atoms with E-state index in [0.717, 1.165) is 16.7 Å². The molecule has 3 aromatic carbocycles. The molecular formula is C22H20O2. The number of ether oxygens (including phenoxy) is 1. The van der Waals surface area contributed by atoms with E-state index >= 15 is 0 Å². The summed E-state index contributed by atoms with van der Waals surface area (Å²) in [6, 6.07) is 30.0.